The van der Waals surface area contributed by atoms with Crippen LogP contribution in [0.25, 0.3) is 0 Å². The van der Waals surface area contributed by atoms with Crippen LogP contribution in [-0.4, -0.2) is 190 Å². The summed E-state index contributed by atoms with van der Waals surface area (Å²) in [5.74, 6) is 4.07. The van der Waals surface area contributed by atoms with Gasteiger partial charge in [-0.15, -0.1) is 0 Å². The van der Waals surface area contributed by atoms with Gasteiger partial charge in [-0.05, 0) is 85.9 Å². The van der Waals surface area contributed by atoms with Gasteiger partial charge in [0, 0.05) is 84.2 Å². The van der Waals surface area contributed by atoms with Gasteiger partial charge in [0.05, 0.1) is 60.0 Å². The van der Waals surface area contributed by atoms with E-state index >= 15 is 0 Å². The number of rotatable bonds is 35. The van der Waals surface area contributed by atoms with E-state index < -0.39 is 148 Å². The molecule has 109 heavy (non-hydrogen) atoms. The van der Waals surface area contributed by atoms with E-state index in [0.29, 0.717) is 49.4 Å². The lowest BCUT2D eigenvalue weighted by Gasteiger charge is -2.31. The summed E-state index contributed by atoms with van der Waals surface area (Å²) in [5, 5.41) is 28.7. The summed E-state index contributed by atoms with van der Waals surface area (Å²) >= 11 is 0. The van der Waals surface area contributed by atoms with Crippen molar-refractivity contribution in [3.8, 4) is 11.8 Å². The second-order valence-corrected chi connectivity index (χ2v) is 36.9. The van der Waals surface area contributed by atoms with Gasteiger partial charge in [0.25, 0.3) is 20.2 Å². The van der Waals surface area contributed by atoms with Gasteiger partial charge in [-0.25, -0.2) is 32.6 Å². The quantitative estimate of drug-likeness (QED) is 0.00768. The van der Waals surface area contributed by atoms with Crippen LogP contribution in [0.1, 0.15) is 109 Å². The standard InChI is InChI=1S/C61H82N10O30P4S4/c1-6-68-43-21-19-38(108(89,90)91)29-40(43)60(2,3)49(68)16-9-7-10-17-50-61(4,5)41-30-39(109(92,93)94)20-22-44(41)69(50)25-12-8-11-18-52(74)64-42(56(75)63-24-13-15-37-33-71(58(77)67-55(37)62)54-32-46(73)47(99-54)34-96-102(79,80)81)36-107-106-28-14-27-95-59(78)66-51-23-26-70(57(76)65-51)53-31-45(72)48(98-53)35-97-104(85,86)101-105(87,88)100-103(82,83)84/h7,9-10,16-17,19-23,26,29-30,33,42,45-49,53-54,72-73H,6,8,11-12,14,18,24-25,27-28,31-32,34-36H2,1-5H3,(H,63,75)(H,64,74)(H,85,86)(H,87,88)(H2,62,67,77)(H2,79,80,81)(H2,82,83,84)(H,89,90,91)(H,92,93,94)(H,65,66,76,78)/b10-7+,16-9+,50-17+/t42?,45?,46?,47-,48-,49?,53-,54-/m1/s1. The Balaban J connectivity index is 0.863. The Labute approximate surface area is 631 Å². The molecule has 2 saturated heterocycles. The number of aliphatic hydroxyl groups excluding tert-OH is 2. The van der Waals surface area contributed by atoms with Crippen LogP contribution in [0.15, 0.2) is 110 Å². The van der Waals surface area contributed by atoms with Crippen molar-refractivity contribution in [2.24, 2.45) is 0 Å². The lowest BCUT2D eigenvalue weighted by molar-refractivity contribution is -0.128. The van der Waals surface area contributed by atoms with Crippen LogP contribution in [0.2, 0.25) is 0 Å². The number of hydrogen-bond acceptors (Lipinski definition) is 29. The Hall–Kier alpha value is -6.53. The molecule has 2 fully saturated rings. The third-order valence-corrected chi connectivity index (χ3v) is 25.8. The van der Waals surface area contributed by atoms with Crippen molar-refractivity contribution in [2.75, 3.05) is 71.8 Å². The van der Waals surface area contributed by atoms with Gasteiger partial charge in [0.15, 0.2) is 0 Å². The number of nitrogen functional groups attached to an aromatic ring is 1. The highest BCUT2D eigenvalue weighted by molar-refractivity contribution is 8.76. The molecule has 48 heteroatoms. The van der Waals surface area contributed by atoms with Gasteiger partial charge in [-0.3, -0.25) is 42.2 Å². The zero-order valence-electron chi connectivity index (χ0n) is 58.6. The second kappa shape index (κ2) is 36.5. The number of hydrogen-bond donors (Lipinski definition) is 14. The molecule has 0 bridgehead atoms. The molecule has 600 valence electrons. The molecule has 4 aliphatic rings. The zero-order chi connectivity index (χ0) is 80.4. The average Bonchev–Trinajstić information content (AvgIpc) is 1.59. The fourth-order valence-electron chi connectivity index (χ4n) is 12.2. The number of phosphoric ester groups is 2. The molecule has 2 aromatic carbocycles. The molecule has 3 amide bonds. The molecule has 15 N–H and O–H groups in total. The summed E-state index contributed by atoms with van der Waals surface area (Å²) in [6.45, 7) is 8.64. The molecule has 6 heterocycles. The number of likely N-dealkylation sites (N-methyl/N-ethyl adjacent to an activating group) is 1. The summed E-state index contributed by atoms with van der Waals surface area (Å²) in [5.41, 5.74) is 6.48. The van der Waals surface area contributed by atoms with Crippen molar-refractivity contribution in [1.82, 2.24) is 29.7 Å². The van der Waals surface area contributed by atoms with Crippen molar-refractivity contribution in [3.63, 3.8) is 0 Å². The molecule has 4 aromatic rings. The largest absolute Gasteiger partial charge is 0.490 e. The van der Waals surface area contributed by atoms with Gasteiger partial charge >= 0.3 is 48.8 Å². The summed E-state index contributed by atoms with van der Waals surface area (Å²) in [7, 11) is -28.6. The first-order chi connectivity index (χ1) is 50.8. The number of anilines is 4. The fourth-order valence-corrected chi connectivity index (χ4v) is 18.8. The summed E-state index contributed by atoms with van der Waals surface area (Å²) in [4.78, 5) is 132. The van der Waals surface area contributed by atoms with E-state index in [1.54, 1.807) is 12.1 Å². The second-order valence-electron chi connectivity index (χ2n) is 25.8. The predicted molar refractivity (Wildman–Crippen MR) is 392 cm³/mol. The van der Waals surface area contributed by atoms with E-state index in [4.69, 9.17) is 39.5 Å². The Kier molecular flexibility index (Phi) is 29.5. The Morgan fingerprint density at radius 1 is 0.771 bits per heavy atom. The van der Waals surface area contributed by atoms with Crippen molar-refractivity contribution in [1.29, 1.82) is 0 Å². The van der Waals surface area contributed by atoms with Crippen LogP contribution in [0.3, 0.4) is 0 Å². The number of carbonyl (C=O) groups excluding carboxylic acids is 3. The van der Waals surface area contributed by atoms with Crippen molar-refractivity contribution >= 4 is 114 Å². The number of nitrogens with zero attached hydrogens (tertiary/aromatic N) is 6. The lowest BCUT2D eigenvalue weighted by Crippen LogP contribution is -2.48. The number of unbranched alkanes of at least 4 members (excludes halogenated alkanes) is 2. The van der Waals surface area contributed by atoms with E-state index in [-0.39, 0.29) is 77.6 Å². The van der Waals surface area contributed by atoms with Crippen LogP contribution >= 0.6 is 52.9 Å². The molecular weight excluding hydrogens is 1600 g/mol. The molecular formula is C61H82N10O30P4S4. The minimum Gasteiger partial charge on any atom is -0.449 e. The SMILES string of the molecule is CCN1c2ccc(S(=O)(=O)O)cc2C(C)(C)C1/C=C/C=C/C=C1/N(CCCCCC(=O)NC(CSSCCCOC(=O)Nc2ccn([C@H]3CC(O)[C@@H](COP(=O)(O)OP(=O)(O)OP(=O)(O)O)O3)c(=O)n2)C(=O)NCC#Cc2cn([C@H]3CC(O)[C@@H](COP(=O)(O)O)O3)c(=O)nc2N)c2ccc(S(=O)(=O)O)cc2C1(C)C. The number of aromatic nitrogens is 4. The van der Waals surface area contributed by atoms with E-state index in [9.17, 15) is 88.2 Å². The number of nitrogens with two attached hydrogens (primary N) is 1. The van der Waals surface area contributed by atoms with Crippen molar-refractivity contribution in [3.05, 3.63) is 129 Å². The maximum absolute atomic E-state index is 13.9. The smallest absolute Gasteiger partial charge is 0.449 e. The molecule has 10 atom stereocenters. The van der Waals surface area contributed by atoms with E-state index in [0.717, 1.165) is 32.3 Å². The summed E-state index contributed by atoms with van der Waals surface area (Å²) in [6.07, 6.45) is 3.98. The number of carbonyl (C=O) groups is 3. The number of phosphoric acid groups is 4. The predicted octanol–water partition coefficient (Wildman–Crippen LogP) is 4.14. The molecule has 8 rings (SSSR count). The highest BCUT2D eigenvalue weighted by Gasteiger charge is 2.46. The third-order valence-electron chi connectivity index (χ3n) is 17.3. The Morgan fingerprint density at radius 2 is 1.39 bits per heavy atom. The molecule has 0 radical (unpaired) electrons. The molecule has 4 aliphatic heterocycles. The molecule has 6 unspecified atom stereocenters. The number of allylic oxidation sites excluding steroid dienone is 5. The van der Waals surface area contributed by atoms with E-state index in [1.807, 2.05) is 69.9 Å². The zero-order valence-corrected chi connectivity index (χ0v) is 65.5. The Bertz CT molecular complexity index is 4780. The molecule has 0 spiro atoms. The number of amides is 3. The van der Waals surface area contributed by atoms with Gasteiger partial charge in [-0.1, -0.05) is 91.8 Å². The topological polar surface area (TPSA) is 593 Å². The number of aliphatic hydroxyl groups is 2. The maximum Gasteiger partial charge on any atom is 0.490 e. The number of ether oxygens (including phenoxy) is 3. The van der Waals surface area contributed by atoms with Crippen LogP contribution in [0.4, 0.5) is 27.8 Å². The minimum atomic E-state index is -5.83. The fraction of sp³-hybridized carbons (Fsp3) is 0.492. The lowest BCUT2D eigenvalue weighted by atomic mass is 9.80. The maximum atomic E-state index is 13.9. The first kappa shape index (κ1) is 88.0. The molecule has 40 nitrogen and oxygen atoms in total. The number of nitrogens with one attached hydrogen (secondary N) is 3. The number of fused-ring (bicyclic) bond motifs is 2. The minimum absolute atomic E-state index is 0.00307. The summed E-state index contributed by atoms with van der Waals surface area (Å²) < 4.78 is 149. The van der Waals surface area contributed by atoms with E-state index in [2.05, 4.69) is 60.3 Å². The number of benzene rings is 2. The van der Waals surface area contributed by atoms with Crippen molar-refractivity contribution < 1.29 is 130 Å². The highest BCUT2D eigenvalue weighted by atomic mass is 33.1. The van der Waals surface area contributed by atoms with Crippen LogP contribution in [0, 0.1) is 11.8 Å². The summed E-state index contributed by atoms with van der Waals surface area (Å²) in [6, 6.07) is 8.75. The normalized spacial score (nSPS) is 22.2. The molecule has 2 aromatic heterocycles. The van der Waals surface area contributed by atoms with Gasteiger partial charge in [0.1, 0.15) is 42.3 Å². The monoisotopic (exact) mass is 1690 g/mol. The first-order valence-corrected chi connectivity index (χ1v) is 44.4. The highest BCUT2D eigenvalue weighted by Crippen LogP contribution is 2.66. The van der Waals surface area contributed by atoms with Gasteiger partial charge in [-0.2, -0.15) is 35.4 Å². The molecule has 0 aliphatic carbocycles. The van der Waals surface area contributed by atoms with E-state index in [1.165, 1.54) is 58.1 Å². The Morgan fingerprint density at radius 3 is 2.02 bits per heavy atom. The van der Waals surface area contributed by atoms with Crippen molar-refractivity contribution in [2.45, 2.75) is 149 Å². The average molecular weight is 1690 g/mol. The van der Waals surface area contributed by atoms with Gasteiger partial charge in [0.2, 0.25) is 11.8 Å². The van der Waals surface area contributed by atoms with Crippen LogP contribution < -0.4 is 42.9 Å². The first-order valence-electron chi connectivity index (χ1n) is 33.0. The third kappa shape index (κ3) is 24.3. The van der Waals surface area contributed by atoms with Crippen LogP contribution in [0.5, 0.6) is 0 Å². The van der Waals surface area contributed by atoms with Gasteiger partial charge < -0.3 is 80.0 Å². The van der Waals surface area contributed by atoms with Crippen LogP contribution in [-0.2, 0) is 90.8 Å². The molecule has 0 saturated carbocycles.